The van der Waals surface area contributed by atoms with E-state index in [0.29, 0.717) is 70.3 Å². The van der Waals surface area contributed by atoms with E-state index in [1.54, 1.807) is 16.7 Å². The third-order valence-corrected chi connectivity index (χ3v) is 12.0. The van der Waals surface area contributed by atoms with E-state index in [9.17, 15) is 14.0 Å². The number of carbonyl (C=O) groups is 1. The number of guanidine groups is 1. The predicted octanol–water partition coefficient (Wildman–Crippen LogP) is 4.20. The fourth-order valence-corrected chi connectivity index (χ4v) is 8.69. The highest BCUT2D eigenvalue weighted by Gasteiger charge is 2.56. The van der Waals surface area contributed by atoms with Gasteiger partial charge in [-0.3, -0.25) is 14.2 Å². The van der Waals surface area contributed by atoms with Crippen molar-refractivity contribution in [1.29, 1.82) is 0 Å². The van der Waals surface area contributed by atoms with E-state index >= 15 is 0 Å². The molecule has 5 atom stereocenters. The van der Waals surface area contributed by atoms with E-state index in [1.165, 1.54) is 19.6 Å². The van der Waals surface area contributed by atoms with E-state index in [0.717, 1.165) is 38.3 Å². The molecule has 3 aromatic rings. The first-order chi connectivity index (χ1) is 23.9. The lowest BCUT2D eigenvalue weighted by molar-refractivity contribution is -0.124. The van der Waals surface area contributed by atoms with Gasteiger partial charge in [-0.25, -0.2) is 14.4 Å². The number of hydrogen-bond donors (Lipinski definition) is 2. The highest BCUT2D eigenvalue weighted by Crippen LogP contribution is 2.61. The summed E-state index contributed by atoms with van der Waals surface area (Å²) in [5.41, 5.74) is 2.05. The number of amides is 1. The van der Waals surface area contributed by atoms with Crippen LogP contribution in [0.4, 0.5) is 16.0 Å². The number of likely N-dealkylation sites (N-methyl/N-ethyl adjacent to an activating group) is 1. The molecule has 12 heteroatoms. The highest BCUT2D eigenvalue weighted by molar-refractivity contribution is 5.98. The Bertz CT molecular complexity index is 1850. The van der Waals surface area contributed by atoms with Gasteiger partial charge in [-0.05, 0) is 86.2 Å². The molecular weight excluding hydrogens is 635 g/mol. The number of nitrogens with one attached hydrogen (secondary N) is 2. The van der Waals surface area contributed by atoms with Gasteiger partial charge in [0.1, 0.15) is 11.6 Å². The van der Waals surface area contributed by atoms with Crippen LogP contribution in [0.25, 0.3) is 10.9 Å². The van der Waals surface area contributed by atoms with Crippen LogP contribution in [0.3, 0.4) is 0 Å². The normalized spacial score (nSPS) is 26.8. The second-order valence-electron chi connectivity index (χ2n) is 15.5. The highest BCUT2D eigenvalue weighted by atomic mass is 19.1. The van der Waals surface area contributed by atoms with Crippen LogP contribution >= 0.6 is 0 Å². The zero-order valence-corrected chi connectivity index (χ0v) is 30.2. The largest absolute Gasteiger partial charge is 0.497 e. The van der Waals surface area contributed by atoms with Crippen LogP contribution in [-0.4, -0.2) is 96.7 Å². The molecule has 268 valence electrons. The van der Waals surface area contributed by atoms with Gasteiger partial charge in [0.05, 0.1) is 30.6 Å². The van der Waals surface area contributed by atoms with E-state index in [1.807, 2.05) is 30.0 Å². The number of anilines is 2. The molecule has 11 nitrogen and oxygen atoms in total. The number of benzene rings is 2. The average Bonchev–Trinajstić information content (AvgIpc) is 3.08. The summed E-state index contributed by atoms with van der Waals surface area (Å²) in [6.07, 6.45) is 2.65. The van der Waals surface area contributed by atoms with Gasteiger partial charge in [-0.1, -0.05) is 26.8 Å². The van der Waals surface area contributed by atoms with Crippen LogP contribution in [0.1, 0.15) is 46.1 Å². The first-order valence-electron chi connectivity index (χ1n) is 18.1. The number of rotatable bonds is 7. The van der Waals surface area contributed by atoms with Crippen molar-refractivity contribution in [3.63, 3.8) is 0 Å². The Labute approximate surface area is 293 Å². The number of aliphatic imine (C=N–C) groups is 1. The summed E-state index contributed by atoms with van der Waals surface area (Å²) in [7, 11) is 3.60. The van der Waals surface area contributed by atoms with E-state index in [4.69, 9.17) is 14.7 Å². The number of methoxy groups -OCH3 is 1. The number of hydrogen-bond acceptors (Lipinski definition) is 7. The lowest BCUT2D eigenvalue weighted by Gasteiger charge is -2.61. The summed E-state index contributed by atoms with van der Waals surface area (Å²) in [4.78, 5) is 43.8. The summed E-state index contributed by atoms with van der Waals surface area (Å²) in [5, 5.41) is 7.10. The minimum atomic E-state index is -0.357. The number of carbonyl (C=O) groups excluding carboxylic acids is 1. The molecule has 5 aliphatic rings. The van der Waals surface area contributed by atoms with Crippen molar-refractivity contribution in [3.8, 4) is 5.75 Å². The molecule has 3 saturated carbocycles. The number of nitrogens with zero attached hydrogens (tertiary/aromatic N) is 6. The van der Waals surface area contributed by atoms with Gasteiger partial charge in [0, 0.05) is 57.1 Å². The Hall–Kier alpha value is -4.19. The second kappa shape index (κ2) is 13.5. The molecule has 2 bridgehead atoms. The SMILES string of the molecule is COc1ccc(CCn2c(N3CCN(C)CC3)nc3cc(N/C(=N/C4C[C@H]5C[C@@H]([C@@H]4C)C5(C)C)N4CC(=O)N[C@@H](C)C4)ccc3c2=O)c(F)c1. The Morgan fingerprint density at radius 1 is 1.10 bits per heavy atom. The molecular formula is C38H51FN8O3. The number of aromatic nitrogens is 2. The number of ether oxygens (including phenoxy) is 1. The zero-order chi connectivity index (χ0) is 35.3. The molecule has 2 saturated heterocycles. The zero-order valence-electron chi connectivity index (χ0n) is 30.2. The molecule has 2 aliphatic heterocycles. The standard InChI is InChI=1S/C38H51FN8O3/c1-23-21-46(22-34(48)40-23)36(42-32-18-26-17-30(24(32)2)38(26,3)4)41-27-8-10-29-33(19-27)43-37(45-15-13-44(5)14-16-45)47(35(29)49)12-11-25-7-9-28(50-6)20-31(25)39/h7-10,19-20,23-24,26,30,32H,11-18,21-22H2,1-6H3,(H,40,48)(H,41,42)/t23-,24-,26+,30-,32?/m0/s1. The predicted molar refractivity (Wildman–Crippen MR) is 196 cm³/mol. The van der Waals surface area contributed by atoms with Crippen LogP contribution in [0.15, 0.2) is 46.2 Å². The first kappa shape index (κ1) is 34.3. The topological polar surface area (TPSA) is 107 Å². The van der Waals surface area contributed by atoms with Crippen LogP contribution in [0, 0.1) is 29.0 Å². The summed E-state index contributed by atoms with van der Waals surface area (Å²) < 4.78 is 21.8. The molecule has 3 heterocycles. The number of fused-ring (bicyclic) bond motifs is 3. The minimum Gasteiger partial charge on any atom is -0.497 e. The molecule has 8 rings (SSSR count). The van der Waals surface area contributed by atoms with E-state index in [-0.39, 0.29) is 42.5 Å². The van der Waals surface area contributed by atoms with Crippen LogP contribution < -0.4 is 25.8 Å². The summed E-state index contributed by atoms with van der Waals surface area (Å²) in [5.74, 6) is 3.10. The average molecular weight is 687 g/mol. The van der Waals surface area contributed by atoms with Gasteiger partial charge >= 0.3 is 0 Å². The third kappa shape index (κ3) is 6.54. The fraction of sp³-hybridized carbons (Fsp3) is 0.579. The van der Waals surface area contributed by atoms with Crippen molar-refractivity contribution in [2.45, 2.75) is 65.6 Å². The maximum atomic E-state index is 14.9. The first-order valence-corrected chi connectivity index (χ1v) is 18.1. The van der Waals surface area contributed by atoms with Crippen molar-refractivity contribution >= 4 is 34.4 Å². The third-order valence-electron chi connectivity index (χ3n) is 12.0. The van der Waals surface area contributed by atoms with Gasteiger partial charge in [0.25, 0.3) is 5.56 Å². The van der Waals surface area contributed by atoms with Crippen LogP contribution in [0.5, 0.6) is 5.75 Å². The molecule has 1 unspecified atom stereocenters. The molecule has 1 amide bonds. The summed E-state index contributed by atoms with van der Waals surface area (Å²) >= 11 is 0. The monoisotopic (exact) mass is 686 g/mol. The smallest absolute Gasteiger partial charge is 0.262 e. The Kier molecular flexibility index (Phi) is 9.25. The van der Waals surface area contributed by atoms with Gasteiger partial charge < -0.3 is 30.1 Å². The van der Waals surface area contributed by atoms with Crippen molar-refractivity contribution < 1.29 is 13.9 Å². The molecule has 1 aromatic heterocycles. The van der Waals surface area contributed by atoms with Crippen LogP contribution in [0.2, 0.25) is 0 Å². The second-order valence-corrected chi connectivity index (χ2v) is 15.5. The summed E-state index contributed by atoms with van der Waals surface area (Å²) in [6, 6.07) is 10.6. The molecule has 0 radical (unpaired) electrons. The quantitative estimate of drug-likeness (QED) is 0.282. The van der Waals surface area contributed by atoms with Gasteiger partial charge in [0.2, 0.25) is 11.9 Å². The maximum absolute atomic E-state index is 14.9. The lowest BCUT2D eigenvalue weighted by Crippen LogP contribution is -2.58. The number of aryl methyl sites for hydroxylation is 1. The van der Waals surface area contributed by atoms with Crippen molar-refractivity contribution in [2.75, 3.05) is 63.6 Å². The number of piperazine rings is 2. The van der Waals surface area contributed by atoms with Gasteiger partial charge in [-0.15, -0.1) is 0 Å². The van der Waals surface area contributed by atoms with Crippen molar-refractivity contribution in [3.05, 3.63) is 58.1 Å². The lowest BCUT2D eigenvalue weighted by atomic mass is 9.45. The minimum absolute atomic E-state index is 0.00589. The van der Waals surface area contributed by atoms with E-state index < -0.39 is 0 Å². The molecule has 50 heavy (non-hydrogen) atoms. The molecule has 2 N–H and O–H groups in total. The molecule has 2 aromatic carbocycles. The Morgan fingerprint density at radius 3 is 2.56 bits per heavy atom. The Balaban J connectivity index is 1.22. The maximum Gasteiger partial charge on any atom is 0.262 e. The fourth-order valence-electron chi connectivity index (χ4n) is 8.69. The molecule has 5 fully saturated rings. The van der Waals surface area contributed by atoms with Crippen molar-refractivity contribution in [1.82, 2.24) is 24.7 Å². The molecule has 3 aliphatic carbocycles. The number of halogens is 1. The molecule has 0 spiro atoms. The Morgan fingerprint density at radius 2 is 1.88 bits per heavy atom. The van der Waals surface area contributed by atoms with Crippen molar-refractivity contribution in [2.24, 2.45) is 28.2 Å². The van der Waals surface area contributed by atoms with Crippen LogP contribution in [-0.2, 0) is 17.8 Å². The summed E-state index contributed by atoms with van der Waals surface area (Å²) in [6.45, 7) is 13.4. The van der Waals surface area contributed by atoms with Gasteiger partial charge in [-0.2, -0.15) is 0 Å². The van der Waals surface area contributed by atoms with E-state index in [2.05, 4.69) is 48.3 Å². The van der Waals surface area contributed by atoms with Gasteiger partial charge in [0.15, 0.2) is 5.96 Å².